The average Bonchev–Trinajstić information content (AvgIpc) is 2.96. The first kappa shape index (κ1) is 13.9. The third kappa shape index (κ3) is 2.46. The van der Waals surface area contributed by atoms with E-state index in [1.807, 2.05) is 0 Å². The highest BCUT2D eigenvalue weighted by Gasteiger charge is 2.19. The highest BCUT2D eigenvalue weighted by Crippen LogP contribution is 2.29. The van der Waals surface area contributed by atoms with Crippen molar-refractivity contribution in [2.45, 2.75) is 0 Å². The molecule has 3 aromatic rings. The Balaban J connectivity index is 1.92. The normalized spacial score (nSPS) is 10.7. The molecular formula is C14H8F3N3O2. The van der Waals surface area contributed by atoms with Crippen molar-refractivity contribution >= 4 is 11.7 Å². The second kappa shape index (κ2) is 5.40. The third-order valence-electron chi connectivity index (χ3n) is 2.84. The highest BCUT2D eigenvalue weighted by atomic mass is 19.2. The van der Waals surface area contributed by atoms with Crippen LogP contribution in [0.4, 0.5) is 24.9 Å². The van der Waals surface area contributed by atoms with Crippen LogP contribution in [-0.4, -0.2) is 15.3 Å². The van der Waals surface area contributed by atoms with Gasteiger partial charge in [-0.25, -0.2) is 13.2 Å². The van der Waals surface area contributed by atoms with E-state index in [-0.39, 0.29) is 23.2 Å². The van der Waals surface area contributed by atoms with Gasteiger partial charge in [0.15, 0.2) is 17.5 Å². The van der Waals surface area contributed by atoms with Gasteiger partial charge in [-0.2, -0.15) is 0 Å². The van der Waals surface area contributed by atoms with E-state index in [4.69, 9.17) is 4.42 Å². The lowest BCUT2D eigenvalue weighted by Crippen LogP contribution is -1.93. The van der Waals surface area contributed by atoms with Crippen molar-refractivity contribution in [3.63, 3.8) is 0 Å². The van der Waals surface area contributed by atoms with E-state index >= 15 is 0 Å². The lowest BCUT2D eigenvalue weighted by molar-refractivity contribution is 0.446. The van der Waals surface area contributed by atoms with E-state index in [1.54, 1.807) is 18.2 Å². The Kier molecular flexibility index (Phi) is 3.42. The molecular weight excluding hydrogens is 299 g/mol. The Labute approximate surface area is 122 Å². The van der Waals surface area contributed by atoms with Crippen molar-refractivity contribution < 1.29 is 22.7 Å². The van der Waals surface area contributed by atoms with Crippen molar-refractivity contribution in [2.75, 3.05) is 5.32 Å². The topological polar surface area (TPSA) is 71.2 Å². The molecule has 0 saturated heterocycles. The predicted molar refractivity (Wildman–Crippen MR) is 71.0 cm³/mol. The molecule has 0 radical (unpaired) electrons. The number of benzene rings is 2. The molecule has 1 heterocycles. The molecule has 0 saturated carbocycles. The molecule has 0 unspecified atom stereocenters. The zero-order valence-corrected chi connectivity index (χ0v) is 10.8. The maximum absolute atomic E-state index is 13.6. The molecule has 0 aliphatic heterocycles. The van der Waals surface area contributed by atoms with E-state index in [2.05, 4.69) is 15.5 Å². The van der Waals surface area contributed by atoms with Crippen LogP contribution in [-0.2, 0) is 0 Å². The molecule has 0 amide bonds. The molecule has 112 valence electrons. The molecule has 0 bridgehead atoms. The fourth-order valence-corrected chi connectivity index (χ4v) is 1.77. The summed E-state index contributed by atoms with van der Waals surface area (Å²) in [5.74, 6) is -4.73. The zero-order chi connectivity index (χ0) is 15.7. The first-order valence-electron chi connectivity index (χ1n) is 6.08. The summed E-state index contributed by atoms with van der Waals surface area (Å²) in [6.07, 6.45) is 0. The van der Waals surface area contributed by atoms with Gasteiger partial charge in [-0.15, -0.1) is 5.10 Å². The van der Waals surface area contributed by atoms with Crippen LogP contribution in [0.25, 0.3) is 11.5 Å². The Morgan fingerprint density at radius 2 is 1.73 bits per heavy atom. The van der Waals surface area contributed by atoms with Crippen LogP contribution in [0.15, 0.2) is 40.8 Å². The molecule has 22 heavy (non-hydrogen) atoms. The molecule has 3 rings (SSSR count). The van der Waals surface area contributed by atoms with Crippen molar-refractivity contribution in [2.24, 2.45) is 0 Å². The Hall–Kier alpha value is -3.03. The van der Waals surface area contributed by atoms with Crippen molar-refractivity contribution in [3.8, 4) is 17.2 Å². The molecule has 5 nitrogen and oxygen atoms in total. The highest BCUT2D eigenvalue weighted by molar-refractivity contribution is 5.62. The lowest BCUT2D eigenvalue weighted by atomic mass is 10.2. The summed E-state index contributed by atoms with van der Waals surface area (Å²) in [6, 6.07) is 7.89. The van der Waals surface area contributed by atoms with Crippen molar-refractivity contribution in [3.05, 3.63) is 53.8 Å². The summed E-state index contributed by atoms with van der Waals surface area (Å²) in [4.78, 5) is 0. The number of hydrogen-bond donors (Lipinski definition) is 2. The fraction of sp³-hybridized carbons (Fsp3) is 0. The molecule has 0 aliphatic carbocycles. The van der Waals surface area contributed by atoms with Gasteiger partial charge < -0.3 is 14.8 Å². The number of aromatic nitrogens is 2. The number of nitrogens with zero attached hydrogens (tertiary/aromatic N) is 2. The van der Waals surface area contributed by atoms with Gasteiger partial charge in [-0.3, -0.25) is 0 Å². The number of nitrogens with one attached hydrogen (secondary N) is 1. The van der Waals surface area contributed by atoms with E-state index in [1.165, 1.54) is 6.07 Å². The van der Waals surface area contributed by atoms with Gasteiger partial charge in [0.2, 0.25) is 0 Å². The van der Waals surface area contributed by atoms with Crippen LogP contribution in [0.1, 0.15) is 0 Å². The van der Waals surface area contributed by atoms with Gasteiger partial charge >= 0.3 is 6.01 Å². The Bertz CT molecular complexity index is 836. The second-order valence-corrected chi connectivity index (χ2v) is 4.28. The number of rotatable bonds is 3. The molecule has 0 fully saturated rings. The Morgan fingerprint density at radius 3 is 2.50 bits per heavy atom. The predicted octanol–water partition coefficient (Wildman–Crippen LogP) is 3.60. The number of phenolic OH excluding ortho intramolecular Hbond substituents is 1. The molecule has 2 N–H and O–H groups in total. The van der Waals surface area contributed by atoms with E-state index in [0.29, 0.717) is 5.69 Å². The van der Waals surface area contributed by atoms with Crippen molar-refractivity contribution in [1.29, 1.82) is 0 Å². The van der Waals surface area contributed by atoms with Gasteiger partial charge in [0.05, 0.1) is 11.3 Å². The summed E-state index contributed by atoms with van der Waals surface area (Å²) in [5.41, 5.74) is -0.0693. The van der Waals surface area contributed by atoms with Gasteiger partial charge in [0.25, 0.3) is 5.89 Å². The van der Waals surface area contributed by atoms with Crippen molar-refractivity contribution in [1.82, 2.24) is 10.2 Å². The SMILES string of the molecule is Oc1ccccc1Nc1nnc(-c2ccc(F)c(F)c2F)o1. The van der Waals surface area contributed by atoms with Crippen LogP contribution >= 0.6 is 0 Å². The molecule has 1 aromatic heterocycles. The number of halogens is 3. The average molecular weight is 307 g/mol. The van der Waals surface area contributed by atoms with Crippen LogP contribution in [0.5, 0.6) is 5.75 Å². The third-order valence-corrected chi connectivity index (χ3v) is 2.84. The van der Waals surface area contributed by atoms with E-state index < -0.39 is 17.5 Å². The number of hydrogen-bond acceptors (Lipinski definition) is 5. The Morgan fingerprint density at radius 1 is 0.955 bits per heavy atom. The summed E-state index contributed by atoms with van der Waals surface area (Å²) in [6.45, 7) is 0. The maximum Gasteiger partial charge on any atom is 0.320 e. The first-order chi connectivity index (χ1) is 10.6. The second-order valence-electron chi connectivity index (χ2n) is 4.28. The number of phenols is 1. The monoisotopic (exact) mass is 307 g/mol. The molecule has 0 aliphatic rings. The summed E-state index contributed by atoms with van der Waals surface area (Å²) < 4.78 is 44.9. The van der Waals surface area contributed by atoms with Crippen LogP contribution in [0.3, 0.4) is 0 Å². The molecule has 0 spiro atoms. The van der Waals surface area contributed by atoms with Crippen LogP contribution in [0, 0.1) is 17.5 Å². The standard InChI is InChI=1S/C14H8F3N3O2/c15-8-6-5-7(11(16)12(8)17)13-19-20-14(22-13)18-9-3-1-2-4-10(9)21/h1-6,21H,(H,18,20). The van der Waals surface area contributed by atoms with Crippen LogP contribution in [0.2, 0.25) is 0 Å². The maximum atomic E-state index is 13.6. The summed E-state index contributed by atoms with van der Waals surface area (Å²) in [5, 5.41) is 19.4. The fourth-order valence-electron chi connectivity index (χ4n) is 1.77. The minimum Gasteiger partial charge on any atom is -0.506 e. The number of anilines is 2. The molecule has 0 atom stereocenters. The minimum absolute atomic E-state index is 0.0544. The van der Waals surface area contributed by atoms with E-state index in [9.17, 15) is 18.3 Å². The lowest BCUT2D eigenvalue weighted by Gasteiger charge is -2.03. The zero-order valence-electron chi connectivity index (χ0n) is 10.8. The summed E-state index contributed by atoms with van der Waals surface area (Å²) in [7, 11) is 0. The number of aromatic hydroxyl groups is 1. The smallest absolute Gasteiger partial charge is 0.320 e. The quantitative estimate of drug-likeness (QED) is 0.571. The van der Waals surface area contributed by atoms with Crippen LogP contribution < -0.4 is 5.32 Å². The van der Waals surface area contributed by atoms with E-state index in [0.717, 1.165) is 12.1 Å². The number of para-hydroxylation sites is 2. The van der Waals surface area contributed by atoms with Gasteiger partial charge in [0.1, 0.15) is 5.75 Å². The van der Waals surface area contributed by atoms with Gasteiger partial charge in [-0.05, 0) is 24.3 Å². The first-order valence-corrected chi connectivity index (χ1v) is 6.08. The van der Waals surface area contributed by atoms with Gasteiger partial charge in [0, 0.05) is 0 Å². The molecule has 2 aromatic carbocycles. The largest absolute Gasteiger partial charge is 0.506 e. The molecule has 8 heteroatoms. The van der Waals surface area contributed by atoms with Gasteiger partial charge in [-0.1, -0.05) is 17.2 Å². The summed E-state index contributed by atoms with van der Waals surface area (Å²) >= 11 is 0. The minimum atomic E-state index is -1.62.